The van der Waals surface area contributed by atoms with Crippen molar-refractivity contribution >= 4 is 29.0 Å². The first-order chi connectivity index (χ1) is 10.5. The molecule has 2 aromatic rings. The molecule has 2 heterocycles. The molecule has 2 N–H and O–H groups in total. The van der Waals surface area contributed by atoms with E-state index in [1.807, 2.05) is 25.2 Å². The molecule has 7 heteroatoms. The fourth-order valence-corrected chi connectivity index (χ4v) is 2.44. The average Bonchev–Trinajstić information content (AvgIpc) is 2.90. The number of hydrogen-bond acceptors (Lipinski definition) is 4. The third kappa shape index (κ3) is 2.65. The van der Waals surface area contributed by atoms with Gasteiger partial charge in [-0.1, -0.05) is 12.1 Å². The molecule has 0 spiro atoms. The van der Waals surface area contributed by atoms with Crippen LogP contribution in [-0.2, 0) is 16.6 Å². The van der Waals surface area contributed by atoms with Gasteiger partial charge in [0.1, 0.15) is 18.4 Å². The lowest BCUT2D eigenvalue weighted by Gasteiger charge is -2.31. The van der Waals surface area contributed by atoms with Gasteiger partial charge < -0.3 is 10.6 Å². The number of anilines is 3. The van der Waals surface area contributed by atoms with E-state index in [0.717, 1.165) is 0 Å². The highest BCUT2D eigenvalue weighted by molar-refractivity contribution is 6.11. The Morgan fingerprint density at radius 3 is 2.86 bits per heavy atom. The fraction of sp³-hybridized carbons (Fsp3) is 0.267. The van der Waals surface area contributed by atoms with Crippen LogP contribution in [0.4, 0.5) is 17.2 Å². The molecule has 1 aliphatic rings. The van der Waals surface area contributed by atoms with Gasteiger partial charge in [0.2, 0.25) is 11.8 Å². The molecule has 0 aliphatic carbocycles. The van der Waals surface area contributed by atoms with Crippen LogP contribution in [0, 0.1) is 0 Å². The number of nitrogens with one attached hydrogen (secondary N) is 2. The third-order valence-corrected chi connectivity index (χ3v) is 3.49. The Morgan fingerprint density at radius 1 is 1.36 bits per heavy atom. The van der Waals surface area contributed by atoms with Gasteiger partial charge in [0.15, 0.2) is 0 Å². The van der Waals surface area contributed by atoms with Crippen LogP contribution in [0.3, 0.4) is 0 Å². The molecule has 0 saturated carbocycles. The summed E-state index contributed by atoms with van der Waals surface area (Å²) in [6.45, 7) is 1.77. The lowest BCUT2D eigenvalue weighted by atomic mass is 10.1. The van der Waals surface area contributed by atoms with Crippen LogP contribution in [-0.4, -0.2) is 34.2 Å². The van der Waals surface area contributed by atoms with E-state index in [-0.39, 0.29) is 18.4 Å². The number of rotatable bonds is 3. The fourth-order valence-electron chi connectivity index (χ4n) is 2.44. The minimum atomic E-state index is -0.492. The van der Waals surface area contributed by atoms with E-state index < -0.39 is 6.04 Å². The van der Waals surface area contributed by atoms with Gasteiger partial charge in [-0.2, -0.15) is 5.10 Å². The Kier molecular flexibility index (Phi) is 3.54. The first kappa shape index (κ1) is 14.1. The molecule has 1 aliphatic heterocycles. The van der Waals surface area contributed by atoms with Crippen molar-refractivity contribution in [1.29, 1.82) is 0 Å². The average molecular weight is 299 g/mol. The maximum atomic E-state index is 12.7. The number of aromatic nitrogens is 2. The Balaban J connectivity index is 1.81. The van der Waals surface area contributed by atoms with Crippen molar-refractivity contribution in [3.8, 4) is 0 Å². The van der Waals surface area contributed by atoms with Crippen LogP contribution in [0.5, 0.6) is 0 Å². The summed E-state index contributed by atoms with van der Waals surface area (Å²) < 4.78 is 1.66. The Morgan fingerprint density at radius 2 is 2.14 bits per heavy atom. The zero-order valence-electron chi connectivity index (χ0n) is 12.4. The first-order valence-corrected chi connectivity index (χ1v) is 7.01. The van der Waals surface area contributed by atoms with Gasteiger partial charge in [-0.15, -0.1) is 0 Å². The predicted molar refractivity (Wildman–Crippen MR) is 83.7 cm³/mol. The van der Waals surface area contributed by atoms with E-state index in [2.05, 4.69) is 15.7 Å². The Labute approximate surface area is 127 Å². The summed E-state index contributed by atoms with van der Waals surface area (Å²) in [5, 5.41) is 10.0. The maximum Gasteiger partial charge on any atom is 0.249 e. The lowest BCUT2D eigenvalue weighted by molar-refractivity contribution is -0.122. The second-order valence-electron chi connectivity index (χ2n) is 5.23. The monoisotopic (exact) mass is 299 g/mol. The summed E-state index contributed by atoms with van der Waals surface area (Å²) in [7, 11) is 1.81. The van der Waals surface area contributed by atoms with Crippen molar-refractivity contribution in [3.63, 3.8) is 0 Å². The molecule has 1 aromatic carbocycles. The van der Waals surface area contributed by atoms with Crippen molar-refractivity contribution in [3.05, 3.63) is 36.5 Å². The maximum absolute atomic E-state index is 12.7. The van der Waals surface area contributed by atoms with Gasteiger partial charge in [0, 0.05) is 19.3 Å². The molecular formula is C15H17N5O2. The minimum absolute atomic E-state index is 0.0179. The van der Waals surface area contributed by atoms with Crippen LogP contribution in [0.2, 0.25) is 0 Å². The summed E-state index contributed by atoms with van der Waals surface area (Å²) >= 11 is 0. The number of fused-ring (bicyclic) bond motifs is 1. The molecule has 1 aromatic heterocycles. The Bertz CT molecular complexity index is 724. The minimum Gasteiger partial charge on any atom is -0.357 e. The van der Waals surface area contributed by atoms with Crippen LogP contribution in [0.25, 0.3) is 0 Å². The van der Waals surface area contributed by atoms with Gasteiger partial charge in [0.25, 0.3) is 0 Å². The van der Waals surface area contributed by atoms with Gasteiger partial charge in [0.05, 0.1) is 11.4 Å². The molecule has 0 bridgehead atoms. The van der Waals surface area contributed by atoms with Gasteiger partial charge in [-0.3, -0.25) is 19.2 Å². The molecule has 2 amide bonds. The topological polar surface area (TPSA) is 79.3 Å². The number of benzene rings is 1. The number of carbonyl (C=O) groups excluding carboxylic acids is 2. The van der Waals surface area contributed by atoms with E-state index in [1.165, 1.54) is 4.90 Å². The van der Waals surface area contributed by atoms with E-state index in [0.29, 0.717) is 17.2 Å². The number of nitrogens with zero attached hydrogens (tertiary/aromatic N) is 3. The highest BCUT2D eigenvalue weighted by Crippen LogP contribution is 2.29. The van der Waals surface area contributed by atoms with Crippen LogP contribution in [0.15, 0.2) is 36.5 Å². The summed E-state index contributed by atoms with van der Waals surface area (Å²) in [6, 6.07) is 8.56. The molecule has 0 fully saturated rings. The standard InChI is InChI=1S/C15H17N5O2/c1-10(16-13-7-8-19(2)18-13)15(22)20-9-14(21)17-11-5-3-4-6-12(11)20/h3-8,10H,9H2,1-2H3,(H,16,18)(H,17,21)/t10-/m0/s1. The second kappa shape index (κ2) is 5.51. The van der Waals surface area contributed by atoms with Crippen molar-refractivity contribution in [2.45, 2.75) is 13.0 Å². The van der Waals surface area contributed by atoms with Crippen molar-refractivity contribution in [2.75, 3.05) is 22.1 Å². The largest absolute Gasteiger partial charge is 0.357 e. The number of amides is 2. The third-order valence-electron chi connectivity index (χ3n) is 3.49. The summed E-state index contributed by atoms with van der Waals surface area (Å²) in [5.74, 6) is 0.253. The van der Waals surface area contributed by atoms with E-state index in [1.54, 1.807) is 29.9 Å². The quantitative estimate of drug-likeness (QED) is 0.892. The zero-order valence-corrected chi connectivity index (χ0v) is 12.4. The SMILES string of the molecule is C[C@H](Nc1ccn(C)n1)C(=O)N1CC(=O)Nc2ccccc21. The first-order valence-electron chi connectivity index (χ1n) is 7.01. The molecule has 0 saturated heterocycles. The molecule has 7 nitrogen and oxygen atoms in total. The molecule has 114 valence electrons. The van der Waals surface area contributed by atoms with Gasteiger partial charge >= 0.3 is 0 Å². The van der Waals surface area contributed by atoms with Crippen LogP contribution < -0.4 is 15.5 Å². The van der Waals surface area contributed by atoms with E-state index in [4.69, 9.17) is 0 Å². The zero-order chi connectivity index (χ0) is 15.7. The highest BCUT2D eigenvalue weighted by Gasteiger charge is 2.29. The summed E-state index contributed by atoms with van der Waals surface area (Å²) in [4.78, 5) is 25.9. The van der Waals surface area contributed by atoms with E-state index >= 15 is 0 Å². The van der Waals surface area contributed by atoms with Gasteiger partial charge in [-0.25, -0.2) is 0 Å². The van der Waals surface area contributed by atoms with Gasteiger partial charge in [-0.05, 0) is 19.1 Å². The lowest BCUT2D eigenvalue weighted by Crippen LogP contribution is -2.47. The summed E-state index contributed by atoms with van der Waals surface area (Å²) in [6.07, 6.45) is 1.79. The van der Waals surface area contributed by atoms with E-state index in [9.17, 15) is 9.59 Å². The predicted octanol–water partition coefficient (Wildman–Crippen LogP) is 1.21. The molecular weight excluding hydrogens is 282 g/mol. The van der Waals surface area contributed by atoms with Crippen molar-refractivity contribution in [1.82, 2.24) is 9.78 Å². The highest BCUT2D eigenvalue weighted by atomic mass is 16.2. The second-order valence-corrected chi connectivity index (χ2v) is 5.23. The molecule has 1 atom stereocenters. The van der Waals surface area contributed by atoms with Crippen molar-refractivity contribution < 1.29 is 9.59 Å². The normalized spacial score (nSPS) is 15.0. The molecule has 22 heavy (non-hydrogen) atoms. The number of hydrogen-bond donors (Lipinski definition) is 2. The molecule has 0 unspecified atom stereocenters. The number of aryl methyl sites for hydroxylation is 1. The number of carbonyl (C=O) groups is 2. The smallest absolute Gasteiger partial charge is 0.249 e. The summed E-state index contributed by atoms with van der Waals surface area (Å²) in [5.41, 5.74) is 1.36. The van der Waals surface area contributed by atoms with Crippen LogP contribution >= 0.6 is 0 Å². The number of para-hydroxylation sites is 2. The van der Waals surface area contributed by atoms with Crippen molar-refractivity contribution in [2.24, 2.45) is 7.05 Å². The molecule has 0 radical (unpaired) electrons. The molecule has 3 rings (SSSR count). The van der Waals surface area contributed by atoms with Crippen LogP contribution in [0.1, 0.15) is 6.92 Å². The Hall–Kier alpha value is -2.83.